The lowest BCUT2D eigenvalue weighted by Crippen LogP contribution is -2.51. The summed E-state index contributed by atoms with van der Waals surface area (Å²) in [5.74, 6) is -1.96. The van der Waals surface area contributed by atoms with Crippen molar-refractivity contribution in [2.24, 2.45) is 5.73 Å². The summed E-state index contributed by atoms with van der Waals surface area (Å²) in [6.45, 7) is 11.7. The van der Waals surface area contributed by atoms with E-state index < -0.39 is 48.1 Å². The lowest BCUT2D eigenvalue weighted by atomic mass is 10.1. The minimum atomic E-state index is -0.978. The zero-order chi connectivity index (χ0) is 26.9. The van der Waals surface area contributed by atoms with Gasteiger partial charge in [-0.1, -0.05) is 31.4 Å². The van der Waals surface area contributed by atoms with Gasteiger partial charge in [0.2, 0.25) is 17.7 Å². The maximum Gasteiger partial charge on any atom is 0.408 e. The van der Waals surface area contributed by atoms with Crippen molar-refractivity contribution < 1.29 is 33.4 Å². The maximum atomic E-state index is 12.4. The summed E-state index contributed by atoms with van der Waals surface area (Å²) in [5, 5.41) is 9.71. The molecule has 0 rings (SSSR count). The van der Waals surface area contributed by atoms with Gasteiger partial charge in [-0.2, -0.15) is 0 Å². The van der Waals surface area contributed by atoms with Crippen molar-refractivity contribution in [2.45, 2.75) is 51.7 Å². The Hall–Kier alpha value is -3.83. The van der Waals surface area contributed by atoms with Gasteiger partial charge in [0.25, 0.3) is 0 Å². The van der Waals surface area contributed by atoms with Crippen molar-refractivity contribution in [3.63, 3.8) is 0 Å². The van der Waals surface area contributed by atoms with Crippen LogP contribution in [-0.2, 0) is 23.9 Å². The molecule has 0 aliphatic rings. The topological polar surface area (TPSA) is 178 Å². The van der Waals surface area contributed by atoms with Crippen molar-refractivity contribution in [1.29, 1.82) is 0 Å². The number of nitrogens with one attached hydrogen (secondary N) is 4. The van der Waals surface area contributed by atoms with Gasteiger partial charge in [-0.15, -0.1) is 0 Å². The quantitative estimate of drug-likeness (QED) is 0.165. The number of hydrogen-bond donors (Lipinski definition) is 5. The van der Waals surface area contributed by atoms with Crippen LogP contribution in [0.4, 0.5) is 9.59 Å². The predicted molar refractivity (Wildman–Crippen MR) is 130 cm³/mol. The number of carbonyl (C=O) groups is 5. The fourth-order valence-electron chi connectivity index (χ4n) is 2.47. The fourth-order valence-corrected chi connectivity index (χ4v) is 2.47. The van der Waals surface area contributed by atoms with E-state index in [2.05, 4.69) is 34.4 Å². The molecule has 0 aromatic rings. The van der Waals surface area contributed by atoms with Gasteiger partial charge in [0, 0.05) is 6.54 Å². The molecule has 196 valence electrons. The first-order chi connectivity index (χ1) is 16.4. The first-order valence-electron chi connectivity index (χ1n) is 11.0. The Morgan fingerprint density at radius 2 is 1.66 bits per heavy atom. The highest BCUT2D eigenvalue weighted by Gasteiger charge is 2.22. The highest BCUT2D eigenvalue weighted by molar-refractivity contribution is 5.91. The molecule has 35 heavy (non-hydrogen) atoms. The Morgan fingerprint density at radius 1 is 0.971 bits per heavy atom. The van der Waals surface area contributed by atoms with E-state index in [1.54, 1.807) is 39.0 Å². The van der Waals surface area contributed by atoms with Crippen molar-refractivity contribution in [3.05, 3.63) is 37.0 Å². The van der Waals surface area contributed by atoms with E-state index in [0.29, 0.717) is 18.4 Å². The van der Waals surface area contributed by atoms with Crippen molar-refractivity contribution in [3.8, 4) is 0 Å². The second-order valence-corrected chi connectivity index (χ2v) is 8.34. The van der Waals surface area contributed by atoms with Crippen LogP contribution >= 0.6 is 0 Å². The highest BCUT2D eigenvalue weighted by atomic mass is 16.6. The van der Waals surface area contributed by atoms with Crippen LogP contribution in [0.3, 0.4) is 0 Å². The molecule has 12 nitrogen and oxygen atoms in total. The number of unbranched alkanes of at least 4 members (excludes halogenated alkanes) is 1. The van der Waals surface area contributed by atoms with Gasteiger partial charge in [0.1, 0.15) is 24.8 Å². The molecule has 12 heteroatoms. The van der Waals surface area contributed by atoms with Gasteiger partial charge >= 0.3 is 12.2 Å². The molecule has 0 aliphatic carbocycles. The van der Waals surface area contributed by atoms with Crippen molar-refractivity contribution in [1.82, 2.24) is 21.3 Å². The first kappa shape index (κ1) is 31.2. The Kier molecular flexibility index (Phi) is 14.9. The third kappa shape index (κ3) is 17.3. The first-order valence-corrected chi connectivity index (χ1v) is 11.0. The van der Waals surface area contributed by atoms with E-state index in [9.17, 15) is 24.0 Å². The zero-order valence-corrected chi connectivity index (χ0v) is 20.6. The monoisotopic (exact) mass is 495 g/mol. The number of amides is 5. The predicted octanol–water partition coefficient (Wildman–Crippen LogP) is 0.792. The van der Waals surface area contributed by atoms with Crippen LogP contribution in [0, 0.1) is 0 Å². The molecule has 0 bridgehead atoms. The summed E-state index contributed by atoms with van der Waals surface area (Å²) < 4.78 is 10.1. The lowest BCUT2D eigenvalue weighted by Gasteiger charge is -2.21. The third-order valence-electron chi connectivity index (χ3n) is 4.03. The van der Waals surface area contributed by atoms with E-state index in [4.69, 9.17) is 15.2 Å². The Bertz CT molecular complexity index is 803. The molecule has 0 spiro atoms. The molecule has 1 unspecified atom stereocenters. The molecule has 0 saturated heterocycles. The third-order valence-corrected chi connectivity index (χ3v) is 4.03. The summed E-state index contributed by atoms with van der Waals surface area (Å²) in [4.78, 5) is 58.9. The largest absolute Gasteiger partial charge is 0.445 e. The normalized spacial score (nSPS) is 11.9. The van der Waals surface area contributed by atoms with E-state index in [1.165, 1.54) is 0 Å². The van der Waals surface area contributed by atoms with Crippen LogP contribution < -0.4 is 27.0 Å². The number of alkyl carbamates (subject to hydrolysis) is 2. The Balaban J connectivity index is 4.59. The number of allylic oxidation sites excluding steroid dienone is 2. The molecule has 0 radical (unpaired) electrons. The number of ether oxygens (including phenoxy) is 2. The van der Waals surface area contributed by atoms with Crippen LogP contribution in [0.15, 0.2) is 37.0 Å². The van der Waals surface area contributed by atoms with Gasteiger partial charge in [0.15, 0.2) is 0 Å². The maximum absolute atomic E-state index is 12.4. The molecule has 1 atom stereocenters. The molecule has 0 fully saturated rings. The Morgan fingerprint density at radius 3 is 2.23 bits per heavy atom. The number of nitrogens with two attached hydrogens (primary N) is 1. The number of primary amides is 1. The van der Waals surface area contributed by atoms with Gasteiger partial charge in [-0.05, 0) is 45.6 Å². The molecule has 5 amide bonds. The molecule has 6 N–H and O–H groups in total. The van der Waals surface area contributed by atoms with Crippen LogP contribution in [0.25, 0.3) is 0 Å². The SMILES string of the molecule is C=C/C=C(\C=C)COC(=O)NCCCCC(NC(=O)CNC(=O)OC(C)(C)C)C(=O)NCC(N)=O. The zero-order valence-electron chi connectivity index (χ0n) is 20.6. The van der Waals surface area contributed by atoms with Gasteiger partial charge < -0.3 is 36.5 Å². The second-order valence-electron chi connectivity index (χ2n) is 8.34. The smallest absolute Gasteiger partial charge is 0.408 e. The van der Waals surface area contributed by atoms with Crippen molar-refractivity contribution in [2.75, 3.05) is 26.2 Å². The minimum absolute atomic E-state index is 0.0484. The number of hydrogen-bond acceptors (Lipinski definition) is 7. The van der Waals surface area contributed by atoms with Crippen LogP contribution in [0.1, 0.15) is 40.0 Å². The standard InChI is InChI=1S/C23H37N5O7/c1-6-10-16(7-2)15-34-21(32)25-12-9-8-11-17(20(31)26-13-18(24)29)28-19(30)14-27-22(33)35-23(3,4)5/h6-7,10,17H,1-2,8-9,11-15H2,3-5H3,(H2,24,29)(H,25,32)(H,26,31)(H,27,33)(H,28,30)/b16-10+. The van der Waals surface area contributed by atoms with Gasteiger partial charge in [-0.25, -0.2) is 9.59 Å². The minimum Gasteiger partial charge on any atom is -0.445 e. The molecule has 0 saturated carbocycles. The molecule has 0 aliphatic heterocycles. The summed E-state index contributed by atoms with van der Waals surface area (Å²) in [5.41, 5.74) is 5.01. The number of rotatable bonds is 15. The van der Waals surface area contributed by atoms with Gasteiger partial charge in [0.05, 0.1) is 6.54 Å². The molecule has 0 aromatic carbocycles. The molecule has 0 heterocycles. The summed E-state index contributed by atoms with van der Waals surface area (Å²) >= 11 is 0. The van der Waals surface area contributed by atoms with E-state index in [1.807, 2.05) is 0 Å². The molecular formula is C23H37N5O7. The van der Waals surface area contributed by atoms with E-state index >= 15 is 0 Å². The summed E-state index contributed by atoms with van der Waals surface area (Å²) in [6, 6.07) is -0.978. The second kappa shape index (κ2) is 16.7. The molecule has 0 aromatic heterocycles. The van der Waals surface area contributed by atoms with Crippen molar-refractivity contribution >= 4 is 29.9 Å². The van der Waals surface area contributed by atoms with Crippen LogP contribution in [-0.4, -0.2) is 67.8 Å². The Labute approximate surface area is 205 Å². The van der Waals surface area contributed by atoms with Crippen LogP contribution in [0.2, 0.25) is 0 Å². The highest BCUT2D eigenvalue weighted by Crippen LogP contribution is 2.06. The fraction of sp³-hybridized carbons (Fsp3) is 0.522. The van der Waals surface area contributed by atoms with Gasteiger partial charge in [-0.3, -0.25) is 14.4 Å². The number of carbonyl (C=O) groups excluding carboxylic acids is 5. The molecular weight excluding hydrogens is 458 g/mol. The van der Waals surface area contributed by atoms with E-state index in [-0.39, 0.29) is 26.1 Å². The average Bonchev–Trinajstić information content (AvgIpc) is 2.76. The summed E-state index contributed by atoms with van der Waals surface area (Å²) in [7, 11) is 0. The lowest BCUT2D eigenvalue weighted by molar-refractivity contribution is -0.129. The van der Waals surface area contributed by atoms with E-state index in [0.717, 1.165) is 0 Å². The average molecular weight is 496 g/mol. The van der Waals surface area contributed by atoms with Crippen LogP contribution in [0.5, 0.6) is 0 Å². The summed E-state index contributed by atoms with van der Waals surface area (Å²) in [6.07, 6.45) is 4.53.